The molecule has 28 heavy (non-hydrogen) atoms. The molecular weight excluding hydrogens is 354 g/mol. The van der Waals surface area contributed by atoms with Crippen LogP contribution in [0.1, 0.15) is 22.8 Å². The third kappa shape index (κ3) is 3.73. The monoisotopic (exact) mass is 379 g/mol. The Morgan fingerprint density at radius 1 is 1.11 bits per heavy atom. The molecule has 2 aromatic carbocycles. The lowest BCUT2D eigenvalue weighted by molar-refractivity contribution is -0.117. The highest BCUT2D eigenvalue weighted by Gasteiger charge is 2.30. The van der Waals surface area contributed by atoms with E-state index in [-0.39, 0.29) is 24.4 Å². The number of hydrogen-bond acceptors (Lipinski definition) is 4. The number of carbonyl (C=O) groups excluding carboxylic acids is 2. The molecule has 1 unspecified atom stereocenters. The van der Waals surface area contributed by atoms with Crippen molar-refractivity contribution >= 4 is 23.2 Å². The summed E-state index contributed by atoms with van der Waals surface area (Å²) in [4.78, 5) is 29.1. The highest BCUT2D eigenvalue weighted by molar-refractivity contribution is 5.99. The van der Waals surface area contributed by atoms with Gasteiger partial charge >= 0.3 is 0 Å². The SMILES string of the molecule is CC1Cc2ccccc2N1C(=O)CNc1cccc(C(=O)N2CCOCC2)c1. The first kappa shape index (κ1) is 18.5. The summed E-state index contributed by atoms with van der Waals surface area (Å²) in [5.74, 6) is 0.0303. The summed E-state index contributed by atoms with van der Waals surface area (Å²) in [5, 5.41) is 3.18. The lowest BCUT2D eigenvalue weighted by Crippen LogP contribution is -2.40. The van der Waals surface area contributed by atoms with Crippen LogP contribution in [0, 0.1) is 0 Å². The normalized spacial score (nSPS) is 18.7. The fourth-order valence-corrected chi connectivity index (χ4v) is 3.92. The largest absolute Gasteiger partial charge is 0.378 e. The maximum Gasteiger partial charge on any atom is 0.254 e. The Hall–Kier alpha value is -2.86. The van der Waals surface area contributed by atoms with Gasteiger partial charge < -0.3 is 19.9 Å². The summed E-state index contributed by atoms with van der Waals surface area (Å²) < 4.78 is 5.31. The molecule has 2 amide bonds. The highest BCUT2D eigenvalue weighted by atomic mass is 16.5. The number of anilines is 2. The Bertz CT molecular complexity index is 877. The minimum absolute atomic E-state index is 0.000342. The van der Waals surface area contributed by atoms with E-state index in [1.54, 1.807) is 4.90 Å². The lowest BCUT2D eigenvalue weighted by Gasteiger charge is -2.27. The number of hydrogen-bond donors (Lipinski definition) is 1. The number of rotatable bonds is 4. The van der Waals surface area contributed by atoms with Gasteiger partial charge in [-0.15, -0.1) is 0 Å². The topological polar surface area (TPSA) is 61.9 Å². The molecule has 2 aromatic rings. The minimum Gasteiger partial charge on any atom is -0.378 e. The van der Waals surface area contributed by atoms with Crippen molar-refractivity contribution in [3.8, 4) is 0 Å². The summed E-state index contributed by atoms with van der Waals surface area (Å²) in [5.41, 5.74) is 3.60. The van der Waals surface area contributed by atoms with Crippen LogP contribution in [-0.2, 0) is 16.0 Å². The van der Waals surface area contributed by atoms with Crippen molar-refractivity contribution < 1.29 is 14.3 Å². The van der Waals surface area contributed by atoms with E-state index < -0.39 is 0 Å². The first-order valence-corrected chi connectivity index (χ1v) is 9.74. The smallest absolute Gasteiger partial charge is 0.254 e. The third-order valence-corrected chi connectivity index (χ3v) is 5.33. The van der Waals surface area contributed by atoms with Crippen LogP contribution in [0.25, 0.3) is 0 Å². The van der Waals surface area contributed by atoms with Crippen molar-refractivity contribution in [1.29, 1.82) is 0 Å². The third-order valence-electron chi connectivity index (χ3n) is 5.33. The molecule has 6 heteroatoms. The quantitative estimate of drug-likeness (QED) is 0.887. The number of para-hydroxylation sites is 1. The Morgan fingerprint density at radius 3 is 2.71 bits per heavy atom. The predicted molar refractivity (Wildman–Crippen MR) is 109 cm³/mol. The van der Waals surface area contributed by atoms with Crippen molar-refractivity contribution in [1.82, 2.24) is 4.90 Å². The van der Waals surface area contributed by atoms with E-state index in [2.05, 4.69) is 18.3 Å². The average Bonchev–Trinajstić information content (AvgIpc) is 3.08. The second kappa shape index (κ2) is 8.02. The summed E-state index contributed by atoms with van der Waals surface area (Å²) in [6.45, 7) is 4.64. The van der Waals surface area contributed by atoms with Crippen LogP contribution in [0.15, 0.2) is 48.5 Å². The summed E-state index contributed by atoms with van der Waals surface area (Å²) in [6, 6.07) is 15.5. The molecule has 0 bridgehead atoms. The molecule has 4 rings (SSSR count). The van der Waals surface area contributed by atoms with Crippen molar-refractivity contribution in [3.05, 3.63) is 59.7 Å². The standard InChI is InChI=1S/C22H25N3O3/c1-16-13-17-5-2-3-8-20(17)25(16)21(26)15-23-19-7-4-6-18(14-19)22(27)24-9-11-28-12-10-24/h2-8,14,16,23H,9-13,15H2,1H3. The van der Waals surface area contributed by atoms with Crippen LogP contribution in [0.5, 0.6) is 0 Å². The van der Waals surface area contributed by atoms with Gasteiger partial charge in [-0.3, -0.25) is 9.59 Å². The molecule has 1 N–H and O–H groups in total. The van der Waals surface area contributed by atoms with E-state index >= 15 is 0 Å². The van der Waals surface area contributed by atoms with Crippen LogP contribution in [-0.4, -0.2) is 55.6 Å². The van der Waals surface area contributed by atoms with Gasteiger partial charge in [0.1, 0.15) is 0 Å². The van der Waals surface area contributed by atoms with Crippen LogP contribution in [0.3, 0.4) is 0 Å². The molecule has 0 saturated carbocycles. The molecule has 6 nitrogen and oxygen atoms in total. The number of ether oxygens (including phenoxy) is 1. The number of amides is 2. The fraction of sp³-hybridized carbons (Fsp3) is 0.364. The van der Waals surface area contributed by atoms with Gasteiger partial charge in [-0.1, -0.05) is 24.3 Å². The summed E-state index contributed by atoms with van der Waals surface area (Å²) >= 11 is 0. The summed E-state index contributed by atoms with van der Waals surface area (Å²) in [7, 11) is 0. The summed E-state index contributed by atoms with van der Waals surface area (Å²) in [6.07, 6.45) is 0.880. The van der Waals surface area contributed by atoms with E-state index in [1.165, 1.54) is 5.56 Å². The number of benzene rings is 2. The molecule has 0 aromatic heterocycles. The van der Waals surface area contributed by atoms with Crippen LogP contribution in [0.4, 0.5) is 11.4 Å². The molecule has 0 aliphatic carbocycles. The molecule has 2 aliphatic heterocycles. The molecule has 1 fully saturated rings. The number of carbonyl (C=O) groups is 2. The maximum atomic E-state index is 12.8. The van der Waals surface area contributed by atoms with Gasteiger partial charge in [0.2, 0.25) is 5.91 Å². The molecule has 0 radical (unpaired) electrons. The zero-order valence-electron chi connectivity index (χ0n) is 16.1. The Balaban J connectivity index is 1.41. The van der Waals surface area contributed by atoms with Gasteiger partial charge in [-0.05, 0) is 43.2 Å². The van der Waals surface area contributed by atoms with Gasteiger partial charge in [-0.25, -0.2) is 0 Å². The lowest BCUT2D eigenvalue weighted by atomic mass is 10.1. The van der Waals surface area contributed by atoms with Gasteiger partial charge in [0.05, 0.1) is 19.8 Å². The van der Waals surface area contributed by atoms with E-state index in [1.807, 2.05) is 47.4 Å². The van der Waals surface area contributed by atoms with Gasteiger partial charge in [-0.2, -0.15) is 0 Å². The first-order chi connectivity index (χ1) is 13.6. The molecule has 146 valence electrons. The first-order valence-electron chi connectivity index (χ1n) is 9.74. The van der Waals surface area contributed by atoms with Crippen molar-refractivity contribution in [3.63, 3.8) is 0 Å². The molecule has 0 spiro atoms. The van der Waals surface area contributed by atoms with Crippen LogP contribution in [0.2, 0.25) is 0 Å². The van der Waals surface area contributed by atoms with Gasteiger partial charge in [0.15, 0.2) is 0 Å². The Labute approximate surface area is 165 Å². The van der Waals surface area contributed by atoms with Crippen LogP contribution < -0.4 is 10.2 Å². The second-order valence-corrected chi connectivity index (χ2v) is 7.28. The van der Waals surface area contributed by atoms with Crippen molar-refractivity contribution in [2.24, 2.45) is 0 Å². The Morgan fingerprint density at radius 2 is 1.89 bits per heavy atom. The molecule has 1 saturated heterocycles. The second-order valence-electron chi connectivity index (χ2n) is 7.28. The number of fused-ring (bicyclic) bond motifs is 1. The van der Waals surface area contributed by atoms with E-state index in [0.29, 0.717) is 31.9 Å². The number of morpholine rings is 1. The highest BCUT2D eigenvalue weighted by Crippen LogP contribution is 2.31. The molecule has 1 atom stereocenters. The van der Waals surface area contributed by atoms with Crippen molar-refractivity contribution in [2.45, 2.75) is 19.4 Å². The number of nitrogens with zero attached hydrogens (tertiary/aromatic N) is 2. The van der Waals surface area contributed by atoms with Gasteiger partial charge in [0, 0.05) is 36.1 Å². The maximum absolute atomic E-state index is 12.8. The van der Waals surface area contributed by atoms with E-state index in [4.69, 9.17) is 4.74 Å². The fourth-order valence-electron chi connectivity index (χ4n) is 3.92. The molecular formula is C22H25N3O3. The minimum atomic E-state index is 0.000342. The predicted octanol–water partition coefficient (Wildman–Crippen LogP) is 2.55. The molecule has 2 aliphatic rings. The van der Waals surface area contributed by atoms with E-state index in [0.717, 1.165) is 17.8 Å². The van der Waals surface area contributed by atoms with Gasteiger partial charge in [0.25, 0.3) is 5.91 Å². The Kier molecular flexibility index (Phi) is 5.30. The van der Waals surface area contributed by atoms with Crippen molar-refractivity contribution in [2.75, 3.05) is 43.1 Å². The number of nitrogens with one attached hydrogen (secondary N) is 1. The zero-order chi connectivity index (χ0) is 19.5. The zero-order valence-corrected chi connectivity index (χ0v) is 16.1. The molecule has 2 heterocycles. The van der Waals surface area contributed by atoms with Crippen LogP contribution >= 0.6 is 0 Å². The average molecular weight is 379 g/mol. The van der Waals surface area contributed by atoms with E-state index in [9.17, 15) is 9.59 Å².